The second-order valence-electron chi connectivity index (χ2n) is 4.62. The van der Waals surface area contributed by atoms with Gasteiger partial charge in [0.2, 0.25) is 0 Å². The molecule has 1 aromatic rings. The van der Waals surface area contributed by atoms with Crippen LogP contribution in [0.3, 0.4) is 0 Å². The van der Waals surface area contributed by atoms with Gasteiger partial charge in [0.05, 0.1) is 9.73 Å². The maximum Gasteiger partial charge on any atom is 0.160 e. The highest BCUT2D eigenvalue weighted by Gasteiger charge is 2.23. The Labute approximate surface area is 85.1 Å². The molecule has 0 aliphatic heterocycles. The van der Waals surface area contributed by atoms with E-state index in [9.17, 15) is 4.21 Å². The summed E-state index contributed by atoms with van der Waals surface area (Å²) in [5, 5.41) is 7.21. The molecule has 0 saturated carbocycles. The van der Waals surface area contributed by atoms with Crippen LogP contribution in [0.2, 0.25) is 0 Å². The molecule has 0 bridgehead atoms. The summed E-state index contributed by atoms with van der Waals surface area (Å²) in [5.41, 5.74) is 1.74. The Hall–Kier alpha value is -0.840. The number of nitrogens with zero attached hydrogens (tertiary/aromatic N) is 1. The minimum absolute atomic E-state index is 0.0555. The van der Waals surface area contributed by atoms with Crippen LogP contribution in [0.25, 0.3) is 0 Å². The summed E-state index contributed by atoms with van der Waals surface area (Å²) in [6, 6.07) is 0. The quantitative estimate of drug-likeness (QED) is 0.752. The lowest BCUT2D eigenvalue weighted by atomic mass is 9.90. The molecule has 5 heteroatoms. The van der Waals surface area contributed by atoms with E-state index in [1.165, 1.54) is 6.26 Å². The molecule has 1 aromatic heterocycles. The van der Waals surface area contributed by atoms with Gasteiger partial charge in [-0.15, -0.1) is 0 Å². The summed E-state index contributed by atoms with van der Waals surface area (Å²) in [5.74, 6) is 0. The van der Waals surface area contributed by atoms with E-state index in [4.69, 9.17) is 4.78 Å². The molecular weight excluding hydrogens is 198 g/mol. The zero-order valence-electron chi connectivity index (χ0n) is 9.26. The third kappa shape index (κ3) is 1.97. The van der Waals surface area contributed by atoms with Gasteiger partial charge in [0.25, 0.3) is 0 Å². The lowest BCUT2D eigenvalue weighted by molar-refractivity contribution is 0.563. The SMILES string of the molecule is Cc1c(S(C)(=N)=O)n[nH]c1C(C)(C)C. The minimum Gasteiger partial charge on any atom is -0.280 e. The fourth-order valence-electron chi connectivity index (χ4n) is 1.49. The lowest BCUT2D eigenvalue weighted by Gasteiger charge is -2.17. The number of hydrogen-bond donors (Lipinski definition) is 2. The summed E-state index contributed by atoms with van der Waals surface area (Å²) < 4.78 is 19.0. The van der Waals surface area contributed by atoms with Crippen LogP contribution in [0.4, 0.5) is 0 Å². The van der Waals surface area contributed by atoms with Gasteiger partial charge >= 0.3 is 0 Å². The molecule has 1 unspecified atom stereocenters. The first-order valence-electron chi connectivity index (χ1n) is 4.43. The Morgan fingerprint density at radius 2 is 1.93 bits per heavy atom. The Morgan fingerprint density at radius 3 is 2.14 bits per heavy atom. The molecule has 0 saturated heterocycles. The van der Waals surface area contributed by atoms with Gasteiger partial charge in [0.15, 0.2) is 5.03 Å². The molecule has 2 N–H and O–H groups in total. The second kappa shape index (κ2) is 3.08. The van der Waals surface area contributed by atoms with Gasteiger partial charge in [0.1, 0.15) is 0 Å². The van der Waals surface area contributed by atoms with E-state index < -0.39 is 9.73 Å². The van der Waals surface area contributed by atoms with Crippen LogP contribution < -0.4 is 0 Å². The second-order valence-corrected chi connectivity index (χ2v) is 6.70. The van der Waals surface area contributed by atoms with Crippen molar-refractivity contribution in [3.8, 4) is 0 Å². The van der Waals surface area contributed by atoms with Crippen molar-refractivity contribution in [3.05, 3.63) is 11.3 Å². The Balaban J connectivity index is 3.37. The fraction of sp³-hybridized carbons (Fsp3) is 0.667. The van der Waals surface area contributed by atoms with Crippen molar-refractivity contribution in [1.29, 1.82) is 4.78 Å². The number of aromatic amines is 1. The summed E-state index contributed by atoms with van der Waals surface area (Å²) in [6.45, 7) is 8.02. The van der Waals surface area contributed by atoms with Gasteiger partial charge in [-0.3, -0.25) is 5.10 Å². The smallest absolute Gasteiger partial charge is 0.160 e. The normalized spacial score (nSPS) is 16.6. The third-order valence-corrected chi connectivity index (χ3v) is 3.22. The number of H-pyrrole nitrogens is 1. The number of hydrogen-bond acceptors (Lipinski definition) is 3. The first kappa shape index (κ1) is 11.2. The van der Waals surface area contributed by atoms with Gasteiger partial charge in [-0.05, 0) is 6.92 Å². The molecule has 1 atom stereocenters. The van der Waals surface area contributed by atoms with Gasteiger partial charge in [-0.25, -0.2) is 8.99 Å². The third-order valence-electron chi connectivity index (χ3n) is 2.08. The van der Waals surface area contributed by atoms with Crippen LogP contribution in [0, 0.1) is 11.7 Å². The summed E-state index contributed by atoms with van der Waals surface area (Å²) in [4.78, 5) is 0. The first-order valence-corrected chi connectivity index (χ1v) is 6.40. The molecule has 0 spiro atoms. The predicted octanol–water partition coefficient (Wildman–Crippen LogP) is 2.05. The van der Waals surface area contributed by atoms with Crippen molar-refractivity contribution < 1.29 is 4.21 Å². The first-order chi connectivity index (χ1) is 6.14. The maximum absolute atomic E-state index is 11.5. The maximum atomic E-state index is 11.5. The molecule has 0 aliphatic carbocycles. The van der Waals surface area contributed by atoms with Crippen molar-refractivity contribution >= 4 is 9.73 Å². The molecule has 1 heterocycles. The van der Waals surface area contributed by atoms with Gasteiger partial charge in [-0.2, -0.15) is 5.10 Å². The van der Waals surface area contributed by atoms with Crippen LogP contribution in [-0.4, -0.2) is 20.7 Å². The molecule has 80 valence electrons. The highest BCUT2D eigenvalue weighted by atomic mass is 32.2. The molecule has 14 heavy (non-hydrogen) atoms. The van der Waals surface area contributed by atoms with Crippen LogP contribution >= 0.6 is 0 Å². The lowest BCUT2D eigenvalue weighted by Crippen LogP contribution is -2.13. The van der Waals surface area contributed by atoms with E-state index in [0.29, 0.717) is 5.03 Å². The number of rotatable bonds is 1. The Kier molecular flexibility index (Phi) is 2.48. The van der Waals surface area contributed by atoms with E-state index in [1.54, 1.807) is 0 Å². The van der Waals surface area contributed by atoms with E-state index >= 15 is 0 Å². The van der Waals surface area contributed by atoms with Crippen molar-refractivity contribution in [2.45, 2.75) is 38.1 Å². The zero-order chi connectivity index (χ0) is 11.1. The van der Waals surface area contributed by atoms with Crippen molar-refractivity contribution in [3.63, 3.8) is 0 Å². The average molecular weight is 215 g/mol. The van der Waals surface area contributed by atoms with Crippen LogP contribution in [-0.2, 0) is 15.1 Å². The Bertz CT molecular complexity index is 437. The van der Waals surface area contributed by atoms with Crippen molar-refractivity contribution in [2.75, 3.05) is 6.26 Å². The molecule has 0 aromatic carbocycles. The van der Waals surface area contributed by atoms with E-state index in [1.807, 2.05) is 6.92 Å². The zero-order valence-corrected chi connectivity index (χ0v) is 10.1. The van der Waals surface area contributed by atoms with E-state index in [0.717, 1.165) is 11.3 Å². The minimum atomic E-state index is -2.72. The number of nitrogens with one attached hydrogen (secondary N) is 2. The van der Waals surface area contributed by atoms with Gasteiger partial charge < -0.3 is 0 Å². The molecule has 4 nitrogen and oxygen atoms in total. The monoisotopic (exact) mass is 215 g/mol. The summed E-state index contributed by atoms with van der Waals surface area (Å²) in [6.07, 6.45) is 1.39. The van der Waals surface area contributed by atoms with Crippen LogP contribution in [0.15, 0.2) is 5.03 Å². The highest BCUT2D eigenvalue weighted by molar-refractivity contribution is 7.91. The van der Waals surface area contributed by atoms with E-state index in [2.05, 4.69) is 31.0 Å². The molecular formula is C9H17N3OS. The Morgan fingerprint density at radius 1 is 1.43 bits per heavy atom. The standard InChI is InChI=1S/C9H17N3OS/c1-6-7(9(2,3)4)11-12-8(6)14(5,10)13/h10H,1-5H3,(H,11,12). The molecule has 0 aliphatic rings. The number of aromatic nitrogens is 2. The molecule has 1 rings (SSSR count). The average Bonchev–Trinajstić information content (AvgIpc) is 2.26. The topological polar surface area (TPSA) is 69.6 Å². The van der Waals surface area contributed by atoms with Crippen LogP contribution in [0.1, 0.15) is 32.0 Å². The van der Waals surface area contributed by atoms with Gasteiger partial charge in [0, 0.05) is 22.9 Å². The van der Waals surface area contributed by atoms with Gasteiger partial charge in [-0.1, -0.05) is 20.8 Å². The predicted molar refractivity (Wildman–Crippen MR) is 57.1 cm³/mol. The fourth-order valence-corrected chi connectivity index (χ4v) is 2.40. The van der Waals surface area contributed by atoms with E-state index in [-0.39, 0.29) is 5.41 Å². The highest BCUT2D eigenvalue weighted by Crippen LogP contribution is 2.26. The molecule has 0 amide bonds. The molecule has 0 fully saturated rings. The largest absolute Gasteiger partial charge is 0.280 e. The summed E-state index contributed by atoms with van der Waals surface area (Å²) in [7, 11) is -2.72. The summed E-state index contributed by atoms with van der Waals surface area (Å²) >= 11 is 0. The van der Waals surface area contributed by atoms with Crippen molar-refractivity contribution in [1.82, 2.24) is 10.2 Å². The van der Waals surface area contributed by atoms with Crippen molar-refractivity contribution in [2.24, 2.45) is 0 Å². The van der Waals surface area contributed by atoms with Crippen LogP contribution in [0.5, 0.6) is 0 Å². The molecule has 0 radical (unpaired) electrons.